The largest absolute Gasteiger partial charge is 0.390 e. The van der Waals surface area contributed by atoms with Crippen molar-refractivity contribution in [1.29, 1.82) is 0 Å². The molecule has 122 valence electrons. The molecular formula is C16H22F2N2O2. The summed E-state index contributed by atoms with van der Waals surface area (Å²) in [4.78, 5) is 14.0. The summed E-state index contributed by atoms with van der Waals surface area (Å²) in [5.41, 5.74) is -0.726. The van der Waals surface area contributed by atoms with Crippen LogP contribution in [0.1, 0.15) is 26.7 Å². The molecule has 2 rings (SSSR count). The van der Waals surface area contributed by atoms with Crippen LogP contribution in [0.2, 0.25) is 0 Å². The third-order valence-electron chi connectivity index (χ3n) is 4.13. The molecular weight excluding hydrogens is 290 g/mol. The van der Waals surface area contributed by atoms with Gasteiger partial charge in [-0.1, -0.05) is 0 Å². The molecule has 0 radical (unpaired) electrons. The van der Waals surface area contributed by atoms with Gasteiger partial charge in [0.15, 0.2) is 0 Å². The molecule has 1 aliphatic rings. The van der Waals surface area contributed by atoms with Crippen LogP contribution in [0.4, 0.5) is 14.5 Å². The predicted octanol–water partition coefficient (Wildman–Crippen LogP) is 2.39. The number of carbonyl (C=O) groups is 1. The van der Waals surface area contributed by atoms with Gasteiger partial charge in [-0.15, -0.1) is 0 Å². The second-order valence-electron chi connectivity index (χ2n) is 6.36. The topological polar surface area (TPSA) is 52.6 Å². The molecule has 1 aliphatic heterocycles. The van der Waals surface area contributed by atoms with Gasteiger partial charge in [-0.2, -0.15) is 0 Å². The first-order valence-electron chi connectivity index (χ1n) is 7.45. The summed E-state index contributed by atoms with van der Waals surface area (Å²) in [6, 6.07) is 3.06. The number of amides is 1. The van der Waals surface area contributed by atoms with Crippen molar-refractivity contribution in [2.24, 2.45) is 5.92 Å². The second-order valence-corrected chi connectivity index (χ2v) is 6.36. The molecule has 1 aromatic carbocycles. The smallest absolute Gasteiger partial charge is 0.225 e. The first-order valence-corrected chi connectivity index (χ1v) is 7.45. The first kappa shape index (κ1) is 16.8. The highest BCUT2D eigenvalue weighted by Crippen LogP contribution is 2.27. The van der Waals surface area contributed by atoms with Crippen LogP contribution in [0.15, 0.2) is 18.2 Å². The van der Waals surface area contributed by atoms with Gasteiger partial charge in [0.05, 0.1) is 11.3 Å². The second kappa shape index (κ2) is 6.71. The molecule has 0 saturated carbocycles. The summed E-state index contributed by atoms with van der Waals surface area (Å²) in [6.45, 7) is 5.74. The van der Waals surface area contributed by atoms with Crippen LogP contribution in [0.5, 0.6) is 0 Å². The number of benzene rings is 1. The minimum absolute atomic E-state index is 0.0119. The van der Waals surface area contributed by atoms with Gasteiger partial charge in [0.1, 0.15) is 11.6 Å². The predicted molar refractivity (Wildman–Crippen MR) is 80.4 cm³/mol. The Kier molecular flexibility index (Phi) is 5.13. The number of anilines is 1. The van der Waals surface area contributed by atoms with Gasteiger partial charge < -0.3 is 15.3 Å². The van der Waals surface area contributed by atoms with E-state index in [4.69, 9.17) is 0 Å². The molecule has 6 heteroatoms. The number of aliphatic hydroxyl groups is 1. The van der Waals surface area contributed by atoms with Crippen molar-refractivity contribution in [3.05, 3.63) is 29.8 Å². The summed E-state index contributed by atoms with van der Waals surface area (Å²) >= 11 is 0. The number of likely N-dealkylation sites (tertiary alicyclic amines) is 1. The molecule has 4 nitrogen and oxygen atoms in total. The van der Waals surface area contributed by atoms with Gasteiger partial charge in [0, 0.05) is 31.5 Å². The summed E-state index contributed by atoms with van der Waals surface area (Å²) in [7, 11) is 0. The molecule has 1 fully saturated rings. The Hall–Kier alpha value is -1.53. The van der Waals surface area contributed by atoms with Gasteiger partial charge >= 0.3 is 0 Å². The highest BCUT2D eigenvalue weighted by molar-refractivity contribution is 5.90. The van der Waals surface area contributed by atoms with Crippen LogP contribution >= 0.6 is 0 Å². The molecule has 1 amide bonds. The fraction of sp³-hybridized carbons (Fsp3) is 0.562. The Balaban J connectivity index is 1.79. The van der Waals surface area contributed by atoms with Gasteiger partial charge in [-0.3, -0.25) is 4.79 Å². The minimum Gasteiger partial charge on any atom is -0.390 e. The molecule has 1 atom stereocenters. The third-order valence-corrected chi connectivity index (χ3v) is 4.13. The lowest BCUT2D eigenvalue weighted by Crippen LogP contribution is -2.34. The van der Waals surface area contributed by atoms with Crippen LogP contribution in [-0.2, 0) is 4.79 Å². The lowest BCUT2D eigenvalue weighted by Gasteiger charge is -2.25. The van der Waals surface area contributed by atoms with Crippen molar-refractivity contribution in [2.45, 2.75) is 32.3 Å². The van der Waals surface area contributed by atoms with E-state index < -0.39 is 17.2 Å². The fourth-order valence-corrected chi connectivity index (χ4v) is 2.68. The molecule has 1 aromatic rings. The maximum absolute atomic E-state index is 13.4. The van der Waals surface area contributed by atoms with E-state index in [0.29, 0.717) is 6.54 Å². The Morgan fingerprint density at radius 3 is 2.77 bits per heavy atom. The van der Waals surface area contributed by atoms with Crippen molar-refractivity contribution < 1.29 is 18.7 Å². The molecule has 22 heavy (non-hydrogen) atoms. The average Bonchev–Trinajstić information content (AvgIpc) is 2.88. The Morgan fingerprint density at radius 2 is 2.18 bits per heavy atom. The van der Waals surface area contributed by atoms with E-state index in [0.717, 1.165) is 31.6 Å². The van der Waals surface area contributed by atoms with Crippen LogP contribution < -0.4 is 5.32 Å². The van der Waals surface area contributed by atoms with Crippen molar-refractivity contribution in [2.75, 3.05) is 25.0 Å². The standard InChI is InChI=1S/C16H22F2N2O2/c1-16(2,22)11-5-7-20(10-11)8-6-15(21)19-14-4-3-12(17)9-13(14)18/h3-4,9,11,22H,5-8,10H2,1-2H3,(H,19,21). The summed E-state index contributed by atoms with van der Waals surface area (Å²) < 4.78 is 26.2. The third kappa shape index (κ3) is 4.48. The fourth-order valence-electron chi connectivity index (χ4n) is 2.68. The van der Waals surface area contributed by atoms with E-state index in [-0.39, 0.29) is 23.9 Å². The van der Waals surface area contributed by atoms with Gasteiger partial charge in [0.2, 0.25) is 5.91 Å². The quantitative estimate of drug-likeness (QED) is 0.878. The number of nitrogens with one attached hydrogen (secondary N) is 1. The molecule has 1 saturated heterocycles. The Bertz CT molecular complexity index is 543. The molecule has 0 aromatic heterocycles. The molecule has 1 heterocycles. The lowest BCUT2D eigenvalue weighted by atomic mass is 9.90. The van der Waals surface area contributed by atoms with Crippen LogP contribution in [0.3, 0.4) is 0 Å². The Labute approximate surface area is 129 Å². The molecule has 1 unspecified atom stereocenters. The zero-order valence-corrected chi connectivity index (χ0v) is 12.9. The van der Waals surface area contributed by atoms with Gasteiger partial charge in [-0.05, 0) is 38.9 Å². The number of nitrogens with zero attached hydrogens (tertiary/aromatic N) is 1. The van der Waals surface area contributed by atoms with Gasteiger partial charge in [-0.25, -0.2) is 8.78 Å². The maximum atomic E-state index is 13.4. The SMILES string of the molecule is CC(C)(O)C1CCN(CCC(=O)Nc2ccc(F)cc2F)C1. The van der Waals surface area contributed by atoms with E-state index in [1.807, 2.05) is 0 Å². The summed E-state index contributed by atoms with van der Waals surface area (Å²) in [5, 5.41) is 12.4. The zero-order valence-electron chi connectivity index (χ0n) is 12.9. The number of hydrogen-bond donors (Lipinski definition) is 2. The summed E-state index contributed by atoms with van der Waals surface area (Å²) in [5.74, 6) is -1.57. The number of rotatable bonds is 5. The van der Waals surface area contributed by atoms with E-state index in [9.17, 15) is 18.7 Å². The maximum Gasteiger partial charge on any atom is 0.225 e. The normalized spacial score (nSPS) is 19.4. The van der Waals surface area contributed by atoms with Crippen LogP contribution in [-0.4, -0.2) is 41.1 Å². The molecule has 2 N–H and O–H groups in total. The molecule has 0 spiro atoms. The highest BCUT2D eigenvalue weighted by atomic mass is 19.1. The van der Waals surface area contributed by atoms with Crippen LogP contribution in [0, 0.1) is 17.6 Å². The first-order chi connectivity index (χ1) is 10.3. The van der Waals surface area contributed by atoms with Crippen molar-refractivity contribution >= 4 is 11.6 Å². The van der Waals surface area contributed by atoms with Gasteiger partial charge in [0.25, 0.3) is 0 Å². The van der Waals surface area contributed by atoms with Crippen molar-refractivity contribution in [1.82, 2.24) is 4.90 Å². The average molecular weight is 312 g/mol. The minimum atomic E-state index is -0.781. The van der Waals surface area contributed by atoms with E-state index in [2.05, 4.69) is 10.2 Å². The number of carbonyl (C=O) groups excluding carboxylic acids is 1. The lowest BCUT2D eigenvalue weighted by molar-refractivity contribution is -0.116. The van der Waals surface area contributed by atoms with Crippen molar-refractivity contribution in [3.8, 4) is 0 Å². The highest BCUT2D eigenvalue weighted by Gasteiger charge is 2.33. The zero-order chi connectivity index (χ0) is 16.3. The van der Waals surface area contributed by atoms with Crippen LogP contribution in [0.25, 0.3) is 0 Å². The van der Waals surface area contributed by atoms with E-state index in [1.165, 1.54) is 6.07 Å². The molecule has 0 bridgehead atoms. The monoisotopic (exact) mass is 312 g/mol. The van der Waals surface area contributed by atoms with E-state index >= 15 is 0 Å². The Morgan fingerprint density at radius 1 is 1.45 bits per heavy atom. The molecule has 0 aliphatic carbocycles. The van der Waals surface area contributed by atoms with E-state index in [1.54, 1.807) is 13.8 Å². The van der Waals surface area contributed by atoms with Crippen molar-refractivity contribution in [3.63, 3.8) is 0 Å². The number of halogens is 2. The number of hydrogen-bond acceptors (Lipinski definition) is 3. The summed E-state index contributed by atoms with van der Waals surface area (Å²) in [6.07, 6.45) is 1.13.